The third-order valence-corrected chi connectivity index (χ3v) is 2.86. The maximum atomic E-state index is 11.9. The van der Waals surface area contributed by atoms with Gasteiger partial charge in [-0.2, -0.15) is 0 Å². The highest BCUT2D eigenvalue weighted by molar-refractivity contribution is 6.43. The van der Waals surface area contributed by atoms with Crippen LogP contribution in [0.25, 0.3) is 0 Å². The van der Waals surface area contributed by atoms with Crippen molar-refractivity contribution in [2.75, 3.05) is 26.7 Å². The number of carbonyl (C=O) groups excluding carboxylic acids is 2. The highest BCUT2D eigenvalue weighted by atomic mass is 16.6. The number of carbonyl (C=O) groups is 2. The fourth-order valence-electron chi connectivity index (χ4n) is 1.94. The van der Waals surface area contributed by atoms with Crippen molar-refractivity contribution in [2.24, 2.45) is 4.99 Å². The summed E-state index contributed by atoms with van der Waals surface area (Å²) >= 11 is 0. The van der Waals surface area contributed by atoms with Gasteiger partial charge in [0.2, 0.25) is 0 Å². The normalized spacial score (nSPS) is 16.3. The lowest BCUT2D eigenvalue weighted by Gasteiger charge is -2.29. The topological polar surface area (TPSA) is 68.2 Å². The van der Waals surface area contributed by atoms with Crippen LogP contribution in [0.15, 0.2) is 16.6 Å². The molecule has 6 nitrogen and oxygen atoms in total. The molecule has 1 aliphatic heterocycles. The Balaban J connectivity index is 2.69. The molecule has 1 heterocycles. The van der Waals surface area contributed by atoms with Gasteiger partial charge in [0.05, 0.1) is 6.61 Å². The molecule has 0 unspecified atom stereocenters. The number of rotatable bonds is 3. The van der Waals surface area contributed by atoms with Crippen LogP contribution in [0.1, 0.15) is 34.1 Å². The van der Waals surface area contributed by atoms with Crippen molar-refractivity contribution in [3.63, 3.8) is 0 Å². The third kappa shape index (κ3) is 5.21. The first-order chi connectivity index (χ1) is 9.78. The molecule has 0 aromatic rings. The first-order valence-corrected chi connectivity index (χ1v) is 7.09. The summed E-state index contributed by atoms with van der Waals surface area (Å²) in [5, 5.41) is 0. The van der Waals surface area contributed by atoms with Gasteiger partial charge in [-0.15, -0.1) is 0 Å². The molecule has 21 heavy (non-hydrogen) atoms. The Morgan fingerprint density at radius 1 is 1.38 bits per heavy atom. The molecule has 118 valence electrons. The van der Waals surface area contributed by atoms with E-state index in [0.29, 0.717) is 31.8 Å². The third-order valence-electron chi connectivity index (χ3n) is 2.86. The summed E-state index contributed by atoms with van der Waals surface area (Å²) in [6.07, 6.45) is 2.04. The second kappa shape index (κ2) is 7.24. The Kier molecular flexibility index (Phi) is 5.93. The van der Waals surface area contributed by atoms with Crippen molar-refractivity contribution in [1.29, 1.82) is 0 Å². The maximum Gasteiger partial charge on any atom is 0.410 e. The van der Waals surface area contributed by atoms with Crippen LogP contribution in [0.4, 0.5) is 4.79 Å². The number of esters is 1. The Bertz CT molecular complexity index is 461. The zero-order valence-corrected chi connectivity index (χ0v) is 13.4. The fraction of sp³-hybridized carbons (Fsp3) is 0.667. The molecule has 0 aromatic heterocycles. The molecule has 1 rings (SSSR count). The van der Waals surface area contributed by atoms with Crippen molar-refractivity contribution in [1.82, 2.24) is 4.90 Å². The van der Waals surface area contributed by atoms with Gasteiger partial charge in [-0.1, -0.05) is 6.08 Å². The first-order valence-electron chi connectivity index (χ1n) is 7.09. The van der Waals surface area contributed by atoms with E-state index in [2.05, 4.69) is 4.99 Å². The van der Waals surface area contributed by atoms with Crippen molar-refractivity contribution in [3.8, 4) is 0 Å². The van der Waals surface area contributed by atoms with Crippen molar-refractivity contribution < 1.29 is 19.1 Å². The van der Waals surface area contributed by atoms with Gasteiger partial charge in [0.15, 0.2) is 0 Å². The SMILES string of the molecule is CCOC(=O)C(=NC)C1=CCN(C(=O)OC(C)(C)C)CC1. The molecule has 0 radical (unpaired) electrons. The molecule has 0 aromatic carbocycles. The number of amides is 1. The van der Waals surface area contributed by atoms with Gasteiger partial charge in [-0.25, -0.2) is 9.59 Å². The number of hydrogen-bond acceptors (Lipinski definition) is 5. The summed E-state index contributed by atoms with van der Waals surface area (Å²) in [5.41, 5.74) is 0.638. The predicted molar refractivity (Wildman–Crippen MR) is 80.5 cm³/mol. The minimum atomic E-state index is -0.512. The van der Waals surface area contributed by atoms with Gasteiger partial charge in [-0.05, 0) is 39.7 Å². The standard InChI is InChI=1S/C15H24N2O4/c1-6-20-13(18)12(16-5)11-7-9-17(10-8-11)14(19)21-15(2,3)4/h7H,6,8-10H2,1-5H3. The number of hydrogen-bond donors (Lipinski definition) is 0. The highest BCUT2D eigenvalue weighted by Gasteiger charge is 2.26. The monoisotopic (exact) mass is 296 g/mol. The quantitative estimate of drug-likeness (QED) is 0.591. The van der Waals surface area contributed by atoms with Crippen LogP contribution in [0.2, 0.25) is 0 Å². The molecular formula is C15H24N2O4. The average Bonchev–Trinajstić information content (AvgIpc) is 2.38. The van der Waals surface area contributed by atoms with Gasteiger partial charge >= 0.3 is 12.1 Å². The minimum absolute atomic E-state index is 0.315. The zero-order chi connectivity index (χ0) is 16.0. The van der Waals surface area contributed by atoms with Crippen LogP contribution >= 0.6 is 0 Å². The molecule has 0 N–H and O–H groups in total. The lowest BCUT2D eigenvalue weighted by Crippen LogP contribution is -2.40. The van der Waals surface area contributed by atoms with E-state index in [1.807, 2.05) is 26.8 Å². The summed E-state index contributed by atoms with van der Waals surface area (Å²) < 4.78 is 10.3. The van der Waals surface area contributed by atoms with Crippen LogP contribution < -0.4 is 0 Å². The lowest BCUT2D eigenvalue weighted by molar-refractivity contribution is -0.135. The Labute approximate surface area is 125 Å². The van der Waals surface area contributed by atoms with Crippen molar-refractivity contribution in [3.05, 3.63) is 11.6 Å². The van der Waals surface area contributed by atoms with Crippen LogP contribution in [0, 0.1) is 0 Å². The lowest BCUT2D eigenvalue weighted by atomic mass is 10.0. The summed E-state index contributed by atoms with van der Waals surface area (Å²) in [4.78, 5) is 29.3. The van der Waals surface area contributed by atoms with E-state index >= 15 is 0 Å². The Morgan fingerprint density at radius 3 is 2.48 bits per heavy atom. The van der Waals surface area contributed by atoms with E-state index in [1.54, 1.807) is 18.9 Å². The largest absolute Gasteiger partial charge is 0.461 e. The second-order valence-corrected chi connectivity index (χ2v) is 5.70. The van der Waals surface area contributed by atoms with Crippen LogP contribution in [0.3, 0.4) is 0 Å². The molecule has 1 amide bonds. The van der Waals surface area contributed by atoms with Crippen molar-refractivity contribution >= 4 is 17.8 Å². The summed E-state index contributed by atoms with van der Waals surface area (Å²) in [6, 6.07) is 0. The molecule has 0 saturated carbocycles. The van der Waals surface area contributed by atoms with Crippen LogP contribution in [-0.4, -0.2) is 55.0 Å². The van der Waals surface area contributed by atoms with Crippen molar-refractivity contribution in [2.45, 2.75) is 39.7 Å². The maximum absolute atomic E-state index is 11.9. The van der Waals surface area contributed by atoms with E-state index in [9.17, 15) is 9.59 Å². The minimum Gasteiger partial charge on any atom is -0.461 e. The van der Waals surface area contributed by atoms with Gasteiger partial charge in [-0.3, -0.25) is 4.99 Å². The molecule has 1 aliphatic rings. The first kappa shape index (κ1) is 17.2. The fourth-order valence-corrected chi connectivity index (χ4v) is 1.94. The summed E-state index contributed by atoms with van der Waals surface area (Å²) in [7, 11) is 1.56. The van der Waals surface area contributed by atoms with E-state index in [0.717, 1.165) is 5.57 Å². The van der Waals surface area contributed by atoms with Crippen LogP contribution in [0.5, 0.6) is 0 Å². The average molecular weight is 296 g/mol. The molecule has 0 saturated heterocycles. The summed E-state index contributed by atoms with van der Waals surface area (Å²) in [6.45, 7) is 8.47. The van der Waals surface area contributed by atoms with Gasteiger partial charge in [0.25, 0.3) is 0 Å². The van der Waals surface area contributed by atoms with Gasteiger partial charge in [0, 0.05) is 20.1 Å². The molecular weight excluding hydrogens is 272 g/mol. The van der Waals surface area contributed by atoms with E-state index in [-0.39, 0.29) is 6.09 Å². The number of nitrogens with zero attached hydrogens (tertiary/aromatic N) is 2. The molecule has 0 aliphatic carbocycles. The molecule has 0 spiro atoms. The smallest absolute Gasteiger partial charge is 0.410 e. The van der Waals surface area contributed by atoms with E-state index in [1.165, 1.54) is 0 Å². The van der Waals surface area contributed by atoms with Crippen LogP contribution in [-0.2, 0) is 14.3 Å². The number of aliphatic imine (C=N–C) groups is 1. The molecule has 6 heteroatoms. The Hall–Kier alpha value is -1.85. The Morgan fingerprint density at radius 2 is 2.05 bits per heavy atom. The van der Waals surface area contributed by atoms with Gasteiger partial charge in [0.1, 0.15) is 11.3 Å². The van der Waals surface area contributed by atoms with E-state index < -0.39 is 11.6 Å². The second-order valence-electron chi connectivity index (χ2n) is 5.70. The molecule has 0 atom stereocenters. The zero-order valence-electron chi connectivity index (χ0n) is 13.4. The molecule has 0 bridgehead atoms. The van der Waals surface area contributed by atoms with Gasteiger partial charge < -0.3 is 14.4 Å². The highest BCUT2D eigenvalue weighted by Crippen LogP contribution is 2.17. The van der Waals surface area contributed by atoms with E-state index in [4.69, 9.17) is 9.47 Å². The number of ether oxygens (including phenoxy) is 2. The summed E-state index contributed by atoms with van der Waals surface area (Å²) in [5.74, 6) is -0.419. The predicted octanol–water partition coefficient (Wildman–Crippen LogP) is 2.19. The molecule has 0 fully saturated rings.